The standard InChI is InChI=1S/C43H54F2N5O11PS/c1-41(2,3)39(55)58-23-60-62(57,61-24-59-40(56)42(4,5)6)43(44,45)28-11-14-33-26(17-28)18-34(63-33)36(52)48-31-10-8-7-9-29-12-13-32(50(29)37(31)53)38(54)49-21-27(20-46)30(22-49)25-15-16-47-35(51)19-25/h11,14-19,27,29-32,38,54H,7-10,12-13,21-24H2,1-6H3,(H,47,51)(H,48,52)/t27-,29-,30+,31?,32-,38?/m0/s1. The van der Waals surface area contributed by atoms with Gasteiger partial charge in [-0.15, -0.1) is 11.3 Å². The van der Waals surface area contributed by atoms with Gasteiger partial charge in [0.15, 0.2) is 0 Å². The molecule has 342 valence electrons. The number of hydrogen-bond donors (Lipinski definition) is 3. The van der Waals surface area contributed by atoms with Crippen molar-refractivity contribution in [2.24, 2.45) is 16.7 Å². The molecule has 3 N–H and O–H groups in total. The number of aliphatic hydroxyl groups is 1. The number of thiophene rings is 1. The van der Waals surface area contributed by atoms with E-state index in [4.69, 9.17) is 18.5 Å². The fourth-order valence-corrected chi connectivity index (χ4v) is 10.3. The smallest absolute Gasteiger partial charge is 0.410 e. The molecule has 3 aromatic rings. The number of benzene rings is 1. The Balaban J connectivity index is 1.18. The predicted octanol–water partition coefficient (Wildman–Crippen LogP) is 6.55. The van der Waals surface area contributed by atoms with Crippen molar-refractivity contribution in [1.29, 1.82) is 5.26 Å². The molecule has 2 amide bonds. The molecule has 5 heterocycles. The SMILES string of the molecule is CC(C)(C)C(=O)OCOP(=O)(OCOC(=O)C(C)(C)C)C(F)(F)c1ccc2sc(C(=O)NC3CCCC[C@H]4CC[C@@H](C(O)N5C[C@H](c6cc[nH]c(=O)c6)[C@@H](C#N)C5)N4C3=O)cc2c1. The van der Waals surface area contributed by atoms with Crippen LogP contribution in [0.5, 0.6) is 0 Å². The molecule has 0 aliphatic carbocycles. The Kier molecular flexibility index (Phi) is 14.4. The van der Waals surface area contributed by atoms with Gasteiger partial charge in [0.1, 0.15) is 12.3 Å². The molecule has 3 fully saturated rings. The summed E-state index contributed by atoms with van der Waals surface area (Å²) in [6.07, 6.45) is 4.07. The van der Waals surface area contributed by atoms with Crippen LogP contribution in [0.1, 0.15) is 107 Å². The first-order chi connectivity index (χ1) is 29.5. The Labute approximate surface area is 367 Å². The fourth-order valence-electron chi connectivity index (χ4n) is 8.11. The number of likely N-dealkylation sites (tertiary alicyclic amines) is 1. The van der Waals surface area contributed by atoms with Crippen molar-refractivity contribution in [3.8, 4) is 6.07 Å². The molecule has 3 aliphatic heterocycles. The van der Waals surface area contributed by atoms with Gasteiger partial charge in [-0.25, -0.2) is 0 Å². The van der Waals surface area contributed by atoms with Crippen molar-refractivity contribution in [1.82, 2.24) is 20.1 Å². The molecule has 0 bridgehead atoms. The molecule has 2 unspecified atom stereocenters. The lowest BCUT2D eigenvalue weighted by Crippen LogP contribution is -2.58. The van der Waals surface area contributed by atoms with E-state index in [9.17, 15) is 38.9 Å². The number of aromatic amines is 1. The topological polar surface area (TPSA) is 218 Å². The summed E-state index contributed by atoms with van der Waals surface area (Å²) in [5, 5.41) is 24.8. The second-order valence-corrected chi connectivity index (χ2v) is 21.5. The summed E-state index contributed by atoms with van der Waals surface area (Å²) in [4.78, 5) is 71.0. The van der Waals surface area contributed by atoms with E-state index in [0.29, 0.717) is 42.5 Å². The minimum absolute atomic E-state index is 0.110. The van der Waals surface area contributed by atoms with Crippen LogP contribution in [0.15, 0.2) is 47.4 Å². The van der Waals surface area contributed by atoms with Crippen molar-refractivity contribution >= 4 is 52.8 Å². The number of esters is 2. The van der Waals surface area contributed by atoms with E-state index in [1.807, 2.05) is 0 Å². The molecule has 3 aliphatic rings. The third-order valence-electron chi connectivity index (χ3n) is 11.6. The molecule has 0 spiro atoms. The third-order valence-corrected chi connectivity index (χ3v) is 14.6. The van der Waals surface area contributed by atoms with E-state index in [0.717, 1.165) is 36.3 Å². The van der Waals surface area contributed by atoms with E-state index >= 15 is 8.78 Å². The van der Waals surface area contributed by atoms with Crippen LogP contribution in [-0.2, 0) is 43.1 Å². The molecule has 6 atom stereocenters. The summed E-state index contributed by atoms with van der Waals surface area (Å²) >= 11 is 0.990. The zero-order chi connectivity index (χ0) is 46.1. The van der Waals surface area contributed by atoms with Crippen molar-refractivity contribution < 1.29 is 56.2 Å². The van der Waals surface area contributed by atoms with Gasteiger partial charge in [-0.05, 0) is 102 Å². The van der Waals surface area contributed by atoms with Gasteiger partial charge >= 0.3 is 25.2 Å². The molecule has 2 aromatic heterocycles. The van der Waals surface area contributed by atoms with Crippen LogP contribution in [0.3, 0.4) is 0 Å². The number of fused-ring (bicyclic) bond motifs is 2. The summed E-state index contributed by atoms with van der Waals surface area (Å²) in [6.45, 7) is 7.37. The highest BCUT2D eigenvalue weighted by Gasteiger charge is 2.56. The minimum atomic E-state index is -5.60. The average Bonchev–Trinajstić information content (AvgIpc) is 3.97. The number of pyridine rings is 1. The molecule has 16 nitrogen and oxygen atoms in total. The molecular weight excluding hydrogens is 864 g/mol. The van der Waals surface area contributed by atoms with Crippen molar-refractivity contribution in [3.05, 3.63) is 69.0 Å². The van der Waals surface area contributed by atoms with Crippen LogP contribution in [0, 0.1) is 28.1 Å². The lowest BCUT2D eigenvalue weighted by Gasteiger charge is -2.39. The molecule has 0 saturated carbocycles. The number of aliphatic hydroxyl groups excluding tert-OH is 1. The molecule has 0 radical (unpaired) electrons. The maximum atomic E-state index is 16.3. The zero-order valence-electron chi connectivity index (χ0n) is 36.1. The van der Waals surface area contributed by atoms with Gasteiger partial charge in [-0.3, -0.25) is 42.5 Å². The van der Waals surface area contributed by atoms with E-state index in [1.165, 1.54) is 65.9 Å². The largest absolute Gasteiger partial charge is 0.438 e. The number of nitriles is 1. The van der Waals surface area contributed by atoms with Gasteiger partial charge < -0.3 is 29.8 Å². The monoisotopic (exact) mass is 917 g/mol. The summed E-state index contributed by atoms with van der Waals surface area (Å²) in [6, 6.07) is 8.45. The third kappa shape index (κ3) is 10.5. The Hall–Kier alpha value is -4.57. The number of ether oxygens (including phenoxy) is 2. The molecule has 3 saturated heterocycles. The second kappa shape index (κ2) is 18.9. The Morgan fingerprint density at radius 1 is 0.952 bits per heavy atom. The first-order valence-corrected chi connectivity index (χ1v) is 23.2. The van der Waals surface area contributed by atoms with Crippen molar-refractivity contribution in [2.75, 3.05) is 26.7 Å². The number of hydrogen-bond acceptors (Lipinski definition) is 14. The van der Waals surface area contributed by atoms with E-state index in [1.54, 1.807) is 15.9 Å². The summed E-state index contributed by atoms with van der Waals surface area (Å²) in [5.74, 6) is -3.42. The predicted molar refractivity (Wildman–Crippen MR) is 226 cm³/mol. The van der Waals surface area contributed by atoms with Gasteiger partial charge in [-0.2, -0.15) is 14.0 Å². The van der Waals surface area contributed by atoms with Crippen molar-refractivity contribution in [2.45, 2.75) is 116 Å². The number of nitrogens with one attached hydrogen (secondary N) is 2. The molecule has 20 heteroatoms. The lowest BCUT2D eigenvalue weighted by atomic mass is 9.91. The number of carbonyl (C=O) groups excluding carboxylic acids is 4. The van der Waals surface area contributed by atoms with Crippen molar-refractivity contribution in [3.63, 3.8) is 0 Å². The first kappa shape index (κ1) is 47.9. The maximum Gasteiger partial charge on any atom is 0.410 e. The van der Waals surface area contributed by atoms with Gasteiger partial charge in [-0.1, -0.05) is 18.9 Å². The molecule has 1 aromatic carbocycles. The number of aromatic nitrogens is 1. The number of H-pyrrole nitrogens is 1. The number of nitrogens with zero attached hydrogens (tertiary/aromatic N) is 3. The summed E-state index contributed by atoms with van der Waals surface area (Å²) < 4.78 is 66.8. The Morgan fingerprint density at radius 2 is 1.60 bits per heavy atom. The maximum absolute atomic E-state index is 16.3. The molecular formula is C43H54F2N5O11PS. The van der Waals surface area contributed by atoms with Crippen LogP contribution in [0.25, 0.3) is 10.1 Å². The Bertz CT molecular complexity index is 2320. The van der Waals surface area contributed by atoms with Gasteiger partial charge in [0.05, 0.1) is 33.7 Å². The number of alkyl halides is 2. The number of rotatable bonds is 13. The van der Waals surface area contributed by atoms with Crippen LogP contribution in [-0.4, -0.2) is 94.7 Å². The summed E-state index contributed by atoms with van der Waals surface area (Å²) in [7, 11) is -5.60. The second-order valence-electron chi connectivity index (χ2n) is 18.3. The Morgan fingerprint density at radius 3 is 2.22 bits per heavy atom. The number of carbonyl (C=O) groups is 4. The van der Waals surface area contributed by atoms with Crippen LogP contribution in [0.4, 0.5) is 8.78 Å². The van der Waals surface area contributed by atoms with E-state index < -0.39 is 85.3 Å². The highest BCUT2D eigenvalue weighted by Crippen LogP contribution is 2.67. The normalized spacial score (nSPS) is 23.1. The quantitative estimate of drug-likeness (QED) is 0.0943. The molecule has 6 rings (SSSR count). The van der Waals surface area contributed by atoms with Crippen LogP contribution < -0.4 is 10.9 Å². The van der Waals surface area contributed by atoms with Crippen LogP contribution >= 0.6 is 18.9 Å². The van der Waals surface area contributed by atoms with Gasteiger partial charge in [0.2, 0.25) is 25.1 Å². The average molecular weight is 918 g/mol. The van der Waals surface area contributed by atoms with Gasteiger partial charge in [0.25, 0.3) is 5.91 Å². The number of amides is 2. The minimum Gasteiger partial charge on any atom is -0.438 e. The van der Waals surface area contributed by atoms with Gasteiger partial charge in [0, 0.05) is 47.6 Å². The van der Waals surface area contributed by atoms with Crippen LogP contribution in [0.2, 0.25) is 0 Å². The summed E-state index contributed by atoms with van der Waals surface area (Å²) in [5.41, 5.74) is -6.87. The zero-order valence-corrected chi connectivity index (χ0v) is 37.8. The van der Waals surface area contributed by atoms with E-state index in [-0.39, 0.29) is 40.2 Å². The highest BCUT2D eigenvalue weighted by molar-refractivity contribution is 7.54. The van der Waals surface area contributed by atoms with E-state index in [2.05, 4.69) is 16.4 Å². The number of halogens is 2. The lowest BCUT2D eigenvalue weighted by molar-refractivity contribution is -0.163. The fraction of sp³-hybridized carbons (Fsp3) is 0.581. The first-order valence-electron chi connectivity index (χ1n) is 20.8. The molecule has 63 heavy (non-hydrogen) atoms. The highest BCUT2D eigenvalue weighted by atomic mass is 32.1.